The lowest BCUT2D eigenvalue weighted by molar-refractivity contribution is 0.339. The second-order valence-corrected chi connectivity index (χ2v) is 7.10. The van der Waals surface area contributed by atoms with Crippen LogP contribution in [0.3, 0.4) is 0 Å². The number of halogens is 2. The van der Waals surface area contributed by atoms with Gasteiger partial charge in [0.05, 0.1) is 22.3 Å². The summed E-state index contributed by atoms with van der Waals surface area (Å²) >= 11 is 12.6. The van der Waals surface area contributed by atoms with Gasteiger partial charge in [-0.25, -0.2) is 0 Å². The van der Waals surface area contributed by atoms with Gasteiger partial charge in [-0.15, -0.1) is 11.6 Å². The van der Waals surface area contributed by atoms with E-state index in [0.717, 1.165) is 23.6 Å². The molecule has 0 aliphatic heterocycles. The molecule has 0 spiro atoms. The van der Waals surface area contributed by atoms with Crippen molar-refractivity contribution in [3.05, 3.63) is 23.0 Å². The second kappa shape index (κ2) is 4.90. The molecule has 1 atom stereocenters. The van der Waals surface area contributed by atoms with Crippen molar-refractivity contribution in [1.29, 1.82) is 0 Å². The normalized spacial score (nSPS) is 23.3. The fraction of sp³-hybridized carbons (Fsp3) is 0.643. The van der Waals surface area contributed by atoms with E-state index in [-0.39, 0.29) is 10.8 Å². The highest BCUT2D eigenvalue weighted by molar-refractivity contribution is 6.32. The Labute approximate surface area is 119 Å². The van der Waals surface area contributed by atoms with Crippen LogP contribution in [-0.2, 0) is 0 Å². The Kier molecular flexibility index (Phi) is 3.80. The summed E-state index contributed by atoms with van der Waals surface area (Å²) in [7, 11) is 0. The molecule has 1 aliphatic rings. The first kappa shape index (κ1) is 14.0. The molecule has 1 aromatic heterocycles. The van der Waals surface area contributed by atoms with Gasteiger partial charge in [0.2, 0.25) is 0 Å². The second-order valence-electron chi connectivity index (χ2n) is 6.13. The molecule has 1 heterocycles. The molecule has 2 rings (SSSR count). The van der Waals surface area contributed by atoms with Gasteiger partial charge in [-0.05, 0) is 37.7 Å². The van der Waals surface area contributed by atoms with Crippen LogP contribution in [-0.4, -0.2) is 15.2 Å². The standard InChI is InChI=1S/C14H20Cl2N2/c1-9(2)18-13(12(16)8-17-18)10-5-11(15)7-14(3,4)6-10/h5,8-9,11H,6-7H2,1-4H3. The molecule has 0 amide bonds. The summed E-state index contributed by atoms with van der Waals surface area (Å²) in [6.45, 7) is 8.72. The van der Waals surface area contributed by atoms with Crippen LogP contribution in [0.2, 0.25) is 5.02 Å². The maximum Gasteiger partial charge on any atom is 0.0862 e. The lowest BCUT2D eigenvalue weighted by Crippen LogP contribution is -2.23. The molecule has 0 saturated carbocycles. The Morgan fingerprint density at radius 2 is 2.11 bits per heavy atom. The summed E-state index contributed by atoms with van der Waals surface area (Å²) < 4.78 is 1.99. The third-order valence-electron chi connectivity index (χ3n) is 3.34. The van der Waals surface area contributed by atoms with Crippen molar-refractivity contribution in [2.75, 3.05) is 0 Å². The minimum Gasteiger partial charge on any atom is -0.261 e. The minimum atomic E-state index is 0.0790. The number of nitrogens with zero attached hydrogens (tertiary/aromatic N) is 2. The summed E-state index contributed by atoms with van der Waals surface area (Å²) in [5.74, 6) is 0. The largest absolute Gasteiger partial charge is 0.261 e. The molecular weight excluding hydrogens is 267 g/mol. The van der Waals surface area contributed by atoms with Gasteiger partial charge in [0.1, 0.15) is 0 Å². The first-order valence-corrected chi connectivity index (χ1v) is 7.20. The van der Waals surface area contributed by atoms with E-state index in [4.69, 9.17) is 23.2 Å². The van der Waals surface area contributed by atoms with E-state index in [1.807, 2.05) is 4.68 Å². The fourth-order valence-electron chi connectivity index (χ4n) is 2.65. The molecular formula is C14H20Cl2N2. The topological polar surface area (TPSA) is 17.8 Å². The molecule has 1 aliphatic carbocycles. The van der Waals surface area contributed by atoms with Crippen molar-refractivity contribution in [1.82, 2.24) is 9.78 Å². The zero-order chi connectivity index (χ0) is 13.5. The molecule has 0 fully saturated rings. The summed E-state index contributed by atoms with van der Waals surface area (Å²) in [5, 5.41) is 5.16. The Morgan fingerprint density at radius 1 is 1.44 bits per heavy atom. The molecule has 100 valence electrons. The number of rotatable bonds is 2. The van der Waals surface area contributed by atoms with Crippen LogP contribution in [0.25, 0.3) is 5.57 Å². The van der Waals surface area contributed by atoms with Gasteiger partial charge in [-0.1, -0.05) is 31.5 Å². The monoisotopic (exact) mass is 286 g/mol. The van der Waals surface area contributed by atoms with E-state index >= 15 is 0 Å². The maximum absolute atomic E-state index is 6.35. The van der Waals surface area contributed by atoms with Gasteiger partial charge in [0, 0.05) is 6.04 Å². The highest BCUT2D eigenvalue weighted by atomic mass is 35.5. The van der Waals surface area contributed by atoms with Crippen LogP contribution < -0.4 is 0 Å². The van der Waals surface area contributed by atoms with E-state index < -0.39 is 0 Å². The van der Waals surface area contributed by atoms with E-state index in [9.17, 15) is 0 Å². The number of hydrogen-bond donors (Lipinski definition) is 0. The van der Waals surface area contributed by atoms with Crippen molar-refractivity contribution < 1.29 is 0 Å². The first-order valence-electron chi connectivity index (χ1n) is 6.38. The van der Waals surface area contributed by atoms with Crippen LogP contribution in [0.15, 0.2) is 12.3 Å². The molecule has 4 heteroatoms. The van der Waals surface area contributed by atoms with Crippen molar-refractivity contribution in [2.45, 2.75) is 52.0 Å². The smallest absolute Gasteiger partial charge is 0.0862 e. The zero-order valence-corrected chi connectivity index (χ0v) is 12.9. The maximum atomic E-state index is 6.35. The summed E-state index contributed by atoms with van der Waals surface area (Å²) in [6, 6.07) is 0.298. The third kappa shape index (κ3) is 2.75. The quantitative estimate of drug-likeness (QED) is 0.705. The average molecular weight is 287 g/mol. The zero-order valence-electron chi connectivity index (χ0n) is 11.4. The van der Waals surface area contributed by atoms with Gasteiger partial charge >= 0.3 is 0 Å². The SMILES string of the molecule is CC(C)n1ncc(Cl)c1C1=CC(Cl)CC(C)(C)C1. The predicted octanol–water partition coefficient (Wildman–Crippen LogP) is 4.93. The number of aromatic nitrogens is 2. The Hall–Kier alpha value is -0.470. The third-order valence-corrected chi connectivity index (χ3v) is 3.90. The lowest BCUT2D eigenvalue weighted by Gasteiger charge is -2.32. The highest BCUT2D eigenvalue weighted by Gasteiger charge is 2.30. The molecule has 18 heavy (non-hydrogen) atoms. The molecule has 0 saturated heterocycles. The van der Waals surface area contributed by atoms with Crippen LogP contribution in [0.5, 0.6) is 0 Å². The summed E-state index contributed by atoms with van der Waals surface area (Å²) in [4.78, 5) is 0. The van der Waals surface area contributed by atoms with Gasteiger partial charge < -0.3 is 0 Å². The predicted molar refractivity (Wildman–Crippen MR) is 78.3 cm³/mol. The molecule has 2 nitrogen and oxygen atoms in total. The van der Waals surface area contributed by atoms with E-state index in [2.05, 4.69) is 38.9 Å². The van der Waals surface area contributed by atoms with Crippen LogP contribution in [0, 0.1) is 5.41 Å². The average Bonchev–Trinajstić information content (AvgIpc) is 2.56. The fourth-order valence-corrected chi connectivity index (χ4v) is 3.47. The van der Waals surface area contributed by atoms with Gasteiger partial charge in [-0.3, -0.25) is 4.68 Å². The summed E-state index contributed by atoms with van der Waals surface area (Å²) in [5.41, 5.74) is 2.47. The Morgan fingerprint density at radius 3 is 2.67 bits per heavy atom. The molecule has 0 radical (unpaired) electrons. The van der Waals surface area contributed by atoms with Gasteiger partial charge in [0.15, 0.2) is 0 Å². The van der Waals surface area contributed by atoms with Crippen molar-refractivity contribution >= 4 is 28.8 Å². The van der Waals surface area contributed by atoms with Crippen LogP contribution in [0.4, 0.5) is 0 Å². The van der Waals surface area contributed by atoms with Gasteiger partial charge in [0.25, 0.3) is 0 Å². The molecule has 0 aromatic carbocycles. The highest BCUT2D eigenvalue weighted by Crippen LogP contribution is 2.43. The number of allylic oxidation sites excluding steroid dienone is 2. The molecule has 0 N–H and O–H groups in total. The van der Waals surface area contributed by atoms with Crippen molar-refractivity contribution in [2.24, 2.45) is 5.41 Å². The Balaban J connectivity index is 2.45. The van der Waals surface area contributed by atoms with Crippen molar-refractivity contribution in [3.8, 4) is 0 Å². The number of alkyl halides is 1. The lowest BCUT2D eigenvalue weighted by atomic mass is 9.76. The Bertz CT molecular complexity index is 472. The van der Waals surface area contributed by atoms with E-state index in [0.29, 0.717) is 6.04 Å². The van der Waals surface area contributed by atoms with Crippen molar-refractivity contribution in [3.63, 3.8) is 0 Å². The summed E-state index contributed by atoms with van der Waals surface area (Å²) in [6.07, 6.45) is 5.86. The van der Waals surface area contributed by atoms with E-state index in [1.54, 1.807) is 6.20 Å². The first-order chi connectivity index (χ1) is 8.30. The van der Waals surface area contributed by atoms with Crippen LogP contribution >= 0.6 is 23.2 Å². The van der Waals surface area contributed by atoms with Crippen LogP contribution in [0.1, 0.15) is 52.3 Å². The molecule has 0 bridgehead atoms. The minimum absolute atomic E-state index is 0.0790. The number of hydrogen-bond acceptors (Lipinski definition) is 1. The van der Waals surface area contributed by atoms with Gasteiger partial charge in [-0.2, -0.15) is 5.10 Å². The van der Waals surface area contributed by atoms with E-state index in [1.165, 1.54) is 5.57 Å². The molecule has 1 unspecified atom stereocenters. The molecule has 1 aromatic rings.